The van der Waals surface area contributed by atoms with Gasteiger partial charge in [0, 0.05) is 0 Å². The van der Waals surface area contributed by atoms with Crippen LogP contribution in [-0.4, -0.2) is 0 Å². The van der Waals surface area contributed by atoms with Crippen LogP contribution in [0.2, 0.25) is 0 Å². The molecule has 0 heterocycles. The van der Waals surface area contributed by atoms with E-state index in [0.717, 1.165) is 3.57 Å². The van der Waals surface area contributed by atoms with Crippen LogP contribution < -0.4 is 0 Å². The van der Waals surface area contributed by atoms with Gasteiger partial charge in [-0.2, -0.15) is 0 Å². The molecule has 4 heteroatoms. The zero-order valence-electron chi connectivity index (χ0n) is 12.1. The molecule has 0 bridgehead atoms. The molecule has 0 radical (unpaired) electrons. The van der Waals surface area contributed by atoms with Gasteiger partial charge in [0.05, 0.1) is 0 Å². The Balaban J connectivity index is 2.06. The molecule has 3 aromatic carbocycles. The van der Waals surface area contributed by atoms with Gasteiger partial charge in [0.2, 0.25) is 0 Å². The first-order valence-corrected chi connectivity index (χ1v) is 10.3. The molecule has 0 aromatic heterocycles. The maximum absolute atomic E-state index is 12.8. The van der Waals surface area contributed by atoms with Gasteiger partial charge in [-0.05, 0) is 0 Å². The minimum atomic E-state index is -4.29. The fraction of sp³-hybridized carbons (Fsp3) is 0.0526. The minimum absolute atomic E-state index is 0.599. The number of hydrogen-bond donors (Lipinski definition) is 0. The van der Waals surface area contributed by atoms with Gasteiger partial charge in [-0.1, -0.05) is 0 Å². The molecule has 23 heavy (non-hydrogen) atoms. The van der Waals surface area contributed by atoms with Crippen molar-refractivity contribution in [3.8, 4) is 0 Å². The van der Waals surface area contributed by atoms with Crippen molar-refractivity contribution in [2.75, 3.05) is 0 Å². The Morgan fingerprint density at radius 2 is 0.913 bits per heavy atom. The van der Waals surface area contributed by atoms with Gasteiger partial charge in [-0.15, -0.1) is 0 Å². The molecule has 0 saturated heterocycles. The Hall–Kier alpha value is -1.82. The van der Waals surface area contributed by atoms with Gasteiger partial charge in [0.1, 0.15) is 0 Å². The normalized spacial score (nSPS) is 12.0. The number of alkyl halides is 3. The van der Waals surface area contributed by atoms with E-state index >= 15 is 0 Å². The van der Waals surface area contributed by atoms with Crippen molar-refractivity contribution in [3.63, 3.8) is 0 Å². The van der Waals surface area contributed by atoms with Gasteiger partial charge in [0.15, 0.2) is 0 Å². The van der Waals surface area contributed by atoms with Crippen LogP contribution >= 0.6 is 19.8 Å². The van der Waals surface area contributed by atoms with E-state index in [1.807, 2.05) is 36.4 Å². The molecule has 0 nitrogen and oxygen atoms in total. The zero-order chi connectivity index (χ0) is 16.3. The van der Waals surface area contributed by atoms with Crippen molar-refractivity contribution >= 4 is 19.8 Å². The molecule has 3 aromatic rings. The summed E-state index contributed by atoms with van der Waals surface area (Å²) in [5.41, 5.74) is -0.599. The van der Waals surface area contributed by atoms with E-state index in [0.29, 0.717) is 0 Å². The summed E-state index contributed by atoms with van der Waals surface area (Å²) in [4.78, 5) is 0. The molecular formula is C19H14F3I. The first kappa shape index (κ1) is 16.1. The van der Waals surface area contributed by atoms with Crippen LogP contribution in [0.4, 0.5) is 13.2 Å². The fourth-order valence-corrected chi connectivity index (χ4v) is 7.73. The molecule has 0 N–H and O–H groups in total. The van der Waals surface area contributed by atoms with E-state index < -0.39 is 31.6 Å². The summed E-state index contributed by atoms with van der Waals surface area (Å²) in [5.74, 6) is 0. The van der Waals surface area contributed by atoms with Crippen molar-refractivity contribution in [1.82, 2.24) is 0 Å². The molecule has 0 amide bonds. The van der Waals surface area contributed by atoms with Gasteiger partial charge < -0.3 is 0 Å². The van der Waals surface area contributed by atoms with Gasteiger partial charge in [0.25, 0.3) is 0 Å². The van der Waals surface area contributed by atoms with Gasteiger partial charge in [-0.25, -0.2) is 0 Å². The van der Waals surface area contributed by atoms with Crippen LogP contribution in [0.25, 0.3) is 0 Å². The van der Waals surface area contributed by atoms with Crippen LogP contribution in [0.15, 0.2) is 84.9 Å². The van der Waals surface area contributed by atoms with Crippen molar-refractivity contribution in [3.05, 3.63) is 101 Å². The molecule has 118 valence electrons. The number of benzene rings is 3. The summed E-state index contributed by atoms with van der Waals surface area (Å²) in [6.07, 6.45) is -4.29. The zero-order valence-corrected chi connectivity index (χ0v) is 14.3. The van der Waals surface area contributed by atoms with Crippen molar-refractivity contribution in [2.24, 2.45) is 0 Å². The first-order chi connectivity index (χ1) is 11.1. The summed E-state index contributed by atoms with van der Waals surface area (Å²) in [6, 6.07) is 25.7. The van der Waals surface area contributed by atoms with E-state index in [1.165, 1.54) is 19.3 Å². The van der Waals surface area contributed by atoms with Crippen molar-refractivity contribution in [1.29, 1.82) is 0 Å². The average Bonchev–Trinajstić information content (AvgIpc) is 2.57. The Kier molecular flexibility index (Phi) is 4.71. The van der Waals surface area contributed by atoms with E-state index in [4.69, 9.17) is 0 Å². The second-order valence-corrected chi connectivity index (χ2v) is 10.2. The molecule has 3 rings (SSSR count). The molecular weight excluding hydrogens is 412 g/mol. The third kappa shape index (κ3) is 3.75. The van der Waals surface area contributed by atoms with Crippen LogP contribution in [0.1, 0.15) is 5.56 Å². The first-order valence-electron chi connectivity index (χ1n) is 7.03. The Morgan fingerprint density at radius 1 is 0.522 bits per heavy atom. The third-order valence-electron chi connectivity index (χ3n) is 3.29. The molecule has 0 aliphatic carbocycles. The summed E-state index contributed by atoms with van der Waals surface area (Å²) >= 11 is -1.96. The molecule has 0 aliphatic rings. The predicted octanol–water partition coefficient (Wildman–Crippen LogP) is 6.12. The molecule has 0 atom stereocenters. The second-order valence-electron chi connectivity index (χ2n) is 4.88. The Labute approximate surface area is 140 Å². The third-order valence-corrected chi connectivity index (χ3v) is 9.19. The molecule has 0 saturated carbocycles. The predicted molar refractivity (Wildman–Crippen MR) is 94.4 cm³/mol. The van der Waals surface area contributed by atoms with E-state index in [9.17, 15) is 13.2 Å². The SMILES string of the molecule is FC(F)(F)c1ccc(I(c2ccccc2)c2ccccc2)cc1. The van der Waals surface area contributed by atoms with Crippen LogP contribution in [0.3, 0.4) is 0 Å². The van der Waals surface area contributed by atoms with E-state index in [-0.39, 0.29) is 0 Å². The molecule has 0 fully saturated rings. The van der Waals surface area contributed by atoms with Crippen molar-refractivity contribution < 1.29 is 13.2 Å². The number of hydrogen-bond acceptors (Lipinski definition) is 0. The number of halogens is 4. The van der Waals surface area contributed by atoms with Gasteiger partial charge >= 0.3 is 140 Å². The average molecular weight is 426 g/mol. The van der Waals surface area contributed by atoms with Crippen molar-refractivity contribution in [2.45, 2.75) is 6.18 Å². The topological polar surface area (TPSA) is 0 Å². The fourth-order valence-electron chi connectivity index (χ4n) is 2.22. The Bertz CT molecular complexity index is 711. The van der Waals surface area contributed by atoms with Gasteiger partial charge in [-0.3, -0.25) is 0 Å². The molecule has 0 aliphatic heterocycles. The van der Waals surface area contributed by atoms with Crippen LogP contribution in [0.5, 0.6) is 0 Å². The summed E-state index contributed by atoms with van der Waals surface area (Å²) in [5, 5.41) is 0. The maximum atomic E-state index is 12.8. The number of rotatable bonds is 3. The molecule has 0 spiro atoms. The Morgan fingerprint density at radius 3 is 1.30 bits per heavy atom. The standard InChI is InChI=1S/C19H14F3I/c20-19(21,22)15-11-13-18(14-12-15)23(16-7-3-1-4-8-16)17-9-5-2-6-10-17/h1-14H. The quantitative estimate of drug-likeness (QED) is 0.443. The van der Waals surface area contributed by atoms with Crippen LogP contribution in [0, 0.1) is 10.7 Å². The second kappa shape index (κ2) is 6.74. The van der Waals surface area contributed by atoms with Crippen LogP contribution in [-0.2, 0) is 6.18 Å². The van der Waals surface area contributed by atoms with E-state index in [2.05, 4.69) is 24.3 Å². The van der Waals surface area contributed by atoms with E-state index in [1.54, 1.807) is 12.1 Å². The monoisotopic (exact) mass is 426 g/mol. The summed E-state index contributed by atoms with van der Waals surface area (Å²) in [6.45, 7) is 0. The molecule has 0 unspecified atom stereocenters. The summed E-state index contributed by atoms with van der Waals surface area (Å²) in [7, 11) is 0. The summed E-state index contributed by atoms with van der Waals surface area (Å²) < 4.78 is 41.8.